The number of hydrogen-bond acceptors (Lipinski definition) is 2. The second kappa shape index (κ2) is 6.18. The lowest BCUT2D eigenvalue weighted by Gasteiger charge is -2.19. The van der Waals surface area contributed by atoms with Crippen LogP contribution in [-0.2, 0) is 0 Å². The third-order valence-electron chi connectivity index (χ3n) is 2.15. The van der Waals surface area contributed by atoms with Gasteiger partial charge in [0.15, 0.2) is 0 Å². The van der Waals surface area contributed by atoms with Gasteiger partial charge in [-0.1, -0.05) is 12.1 Å². The van der Waals surface area contributed by atoms with Gasteiger partial charge < -0.3 is 10.8 Å². The van der Waals surface area contributed by atoms with Crippen molar-refractivity contribution >= 4 is 12.4 Å². The molecule has 3 N–H and O–H groups in total. The molecule has 0 aromatic heterocycles. The summed E-state index contributed by atoms with van der Waals surface area (Å²) in [5, 5.41) is 9.44. The van der Waals surface area contributed by atoms with E-state index in [0.29, 0.717) is 0 Å². The first-order valence-electron chi connectivity index (χ1n) is 4.56. The molecule has 2 atom stereocenters. The summed E-state index contributed by atoms with van der Waals surface area (Å²) in [6.07, 6.45) is -6.53. The Balaban J connectivity index is 0.00000256. The fraction of sp³-hybridized carbons (Fsp3) is 0.400. The molecule has 2 nitrogen and oxygen atoms in total. The summed E-state index contributed by atoms with van der Waals surface area (Å²) in [6.45, 7) is 0. The second-order valence-corrected chi connectivity index (χ2v) is 3.45. The molecule has 98 valence electrons. The topological polar surface area (TPSA) is 46.2 Å². The molecule has 0 unspecified atom stereocenters. The van der Waals surface area contributed by atoms with Gasteiger partial charge >= 0.3 is 6.18 Å². The predicted octanol–water partition coefficient (Wildman–Crippen LogP) is 2.56. The minimum atomic E-state index is -4.54. The maximum absolute atomic E-state index is 12.5. The Hall–Kier alpha value is -0.850. The minimum absolute atomic E-state index is 0. The summed E-state index contributed by atoms with van der Waals surface area (Å²) in [7, 11) is 0. The molecule has 0 heterocycles. The monoisotopic (exact) mass is 273 g/mol. The summed E-state index contributed by atoms with van der Waals surface area (Å²) in [5.41, 5.74) is 5.07. The number of hydrogen-bond donors (Lipinski definition) is 2. The molecule has 0 saturated carbocycles. The van der Waals surface area contributed by atoms with Gasteiger partial charge in [-0.25, -0.2) is 4.39 Å². The number of benzene rings is 1. The van der Waals surface area contributed by atoms with E-state index in [4.69, 9.17) is 5.73 Å². The van der Waals surface area contributed by atoms with Gasteiger partial charge in [0.05, 0.1) is 6.10 Å². The average Bonchev–Trinajstić information content (AvgIpc) is 2.17. The Morgan fingerprint density at radius 1 is 1.18 bits per heavy atom. The molecule has 0 radical (unpaired) electrons. The van der Waals surface area contributed by atoms with Crippen LogP contribution in [0, 0.1) is 5.82 Å². The van der Waals surface area contributed by atoms with Crippen molar-refractivity contribution in [1.29, 1.82) is 0 Å². The average molecular weight is 274 g/mol. The van der Waals surface area contributed by atoms with Crippen molar-refractivity contribution in [3.63, 3.8) is 0 Å². The summed E-state index contributed by atoms with van der Waals surface area (Å²) in [6, 6.07) is 2.49. The molecule has 0 aliphatic rings. The molecule has 0 amide bonds. The number of halogens is 5. The zero-order chi connectivity index (χ0) is 12.3. The molecule has 7 heteroatoms. The number of aliphatic hydroxyl groups is 1. The van der Waals surface area contributed by atoms with Gasteiger partial charge in [0.25, 0.3) is 0 Å². The lowest BCUT2D eigenvalue weighted by atomic mass is 10.0. The standard InChI is InChI=1S/C10H11F4NO.ClH/c11-7-3-1-6(2-4-7)8(16)5-9(15)10(12,13)14;/h1-4,8-9,16H,5,15H2;1H/t8-,9-;/m1./s1. The lowest BCUT2D eigenvalue weighted by Crippen LogP contribution is -2.38. The van der Waals surface area contributed by atoms with Crippen molar-refractivity contribution in [3.8, 4) is 0 Å². The molecule has 0 fully saturated rings. The van der Waals surface area contributed by atoms with Gasteiger partial charge in [0, 0.05) is 6.42 Å². The van der Waals surface area contributed by atoms with Gasteiger partial charge in [-0.3, -0.25) is 0 Å². The van der Waals surface area contributed by atoms with Gasteiger partial charge in [-0.05, 0) is 17.7 Å². The zero-order valence-electron chi connectivity index (χ0n) is 8.62. The van der Waals surface area contributed by atoms with Gasteiger partial charge in [0.2, 0.25) is 0 Å². The van der Waals surface area contributed by atoms with Crippen molar-refractivity contribution < 1.29 is 22.7 Å². The summed E-state index contributed by atoms with van der Waals surface area (Å²) in [5.74, 6) is -0.518. The van der Waals surface area contributed by atoms with Gasteiger partial charge in [-0.15, -0.1) is 12.4 Å². The van der Waals surface area contributed by atoms with E-state index in [1.165, 1.54) is 12.1 Å². The molecular formula is C10H12ClF4NO. The van der Waals surface area contributed by atoms with Crippen molar-refractivity contribution in [1.82, 2.24) is 0 Å². The largest absolute Gasteiger partial charge is 0.403 e. The number of alkyl halides is 3. The quantitative estimate of drug-likeness (QED) is 0.832. The molecule has 0 bridgehead atoms. The molecule has 0 aliphatic carbocycles. The van der Waals surface area contributed by atoms with E-state index < -0.39 is 30.6 Å². The van der Waals surface area contributed by atoms with E-state index in [1.54, 1.807) is 0 Å². The Labute approximate surface area is 102 Å². The van der Waals surface area contributed by atoms with E-state index in [-0.39, 0.29) is 18.0 Å². The smallest absolute Gasteiger partial charge is 0.388 e. The maximum Gasteiger partial charge on any atom is 0.403 e. The maximum atomic E-state index is 12.5. The molecule has 1 aromatic carbocycles. The summed E-state index contributed by atoms with van der Waals surface area (Å²) >= 11 is 0. The van der Waals surface area contributed by atoms with Crippen LogP contribution >= 0.6 is 12.4 Å². The highest BCUT2D eigenvalue weighted by Gasteiger charge is 2.37. The Morgan fingerprint density at radius 2 is 1.65 bits per heavy atom. The molecule has 17 heavy (non-hydrogen) atoms. The third kappa shape index (κ3) is 4.89. The number of aliphatic hydroxyl groups excluding tert-OH is 1. The van der Waals surface area contributed by atoms with E-state index in [1.807, 2.05) is 0 Å². The van der Waals surface area contributed by atoms with Crippen LogP contribution in [0.25, 0.3) is 0 Å². The molecule has 0 saturated heterocycles. The highest BCUT2D eigenvalue weighted by Crippen LogP contribution is 2.26. The minimum Gasteiger partial charge on any atom is -0.388 e. The normalized spacial score (nSPS) is 14.9. The number of rotatable bonds is 3. The van der Waals surface area contributed by atoms with Gasteiger partial charge in [-0.2, -0.15) is 13.2 Å². The Kier molecular flexibility index (Phi) is 5.87. The Bertz CT molecular complexity index is 341. The van der Waals surface area contributed by atoms with Crippen LogP contribution in [0.4, 0.5) is 17.6 Å². The van der Waals surface area contributed by atoms with Crippen LogP contribution in [0.1, 0.15) is 18.1 Å². The Morgan fingerprint density at radius 3 is 2.06 bits per heavy atom. The van der Waals surface area contributed by atoms with E-state index in [2.05, 4.69) is 0 Å². The molecule has 1 aromatic rings. The van der Waals surface area contributed by atoms with Crippen molar-refractivity contribution in [2.24, 2.45) is 5.73 Å². The first-order chi connectivity index (χ1) is 7.30. The molecule has 1 rings (SSSR count). The van der Waals surface area contributed by atoms with Gasteiger partial charge in [0.1, 0.15) is 11.9 Å². The fourth-order valence-corrected chi connectivity index (χ4v) is 1.20. The fourth-order valence-electron chi connectivity index (χ4n) is 1.20. The summed E-state index contributed by atoms with van der Waals surface area (Å²) < 4.78 is 48.8. The van der Waals surface area contributed by atoms with Crippen molar-refractivity contribution in [2.45, 2.75) is 24.7 Å². The van der Waals surface area contributed by atoms with Crippen LogP contribution in [0.3, 0.4) is 0 Å². The summed E-state index contributed by atoms with van der Waals surface area (Å²) in [4.78, 5) is 0. The zero-order valence-corrected chi connectivity index (χ0v) is 9.43. The highest BCUT2D eigenvalue weighted by atomic mass is 35.5. The number of nitrogens with two attached hydrogens (primary N) is 1. The van der Waals surface area contributed by atoms with Crippen LogP contribution in [0.5, 0.6) is 0 Å². The van der Waals surface area contributed by atoms with Crippen LogP contribution in [-0.4, -0.2) is 17.3 Å². The molecular weight excluding hydrogens is 262 g/mol. The lowest BCUT2D eigenvalue weighted by molar-refractivity contribution is -0.153. The molecule has 0 aliphatic heterocycles. The van der Waals surface area contributed by atoms with Crippen LogP contribution in [0.2, 0.25) is 0 Å². The second-order valence-electron chi connectivity index (χ2n) is 3.45. The first-order valence-corrected chi connectivity index (χ1v) is 4.56. The molecule has 0 spiro atoms. The third-order valence-corrected chi connectivity index (χ3v) is 2.15. The SMILES string of the molecule is Cl.N[C@H](C[C@@H](O)c1ccc(F)cc1)C(F)(F)F. The predicted molar refractivity (Wildman–Crippen MR) is 57.3 cm³/mol. The first kappa shape index (κ1) is 16.1. The highest BCUT2D eigenvalue weighted by molar-refractivity contribution is 5.85. The van der Waals surface area contributed by atoms with E-state index in [0.717, 1.165) is 12.1 Å². The van der Waals surface area contributed by atoms with Crippen molar-refractivity contribution in [2.75, 3.05) is 0 Å². The van der Waals surface area contributed by atoms with Crippen LogP contribution < -0.4 is 5.73 Å². The van der Waals surface area contributed by atoms with Crippen LogP contribution in [0.15, 0.2) is 24.3 Å². The van der Waals surface area contributed by atoms with Crippen molar-refractivity contribution in [3.05, 3.63) is 35.6 Å². The van der Waals surface area contributed by atoms with E-state index in [9.17, 15) is 22.7 Å². The van der Waals surface area contributed by atoms with E-state index >= 15 is 0 Å².